The minimum absolute atomic E-state index is 0.162. The molecule has 11 aromatic rings. The Morgan fingerprint density at radius 3 is 1.67 bits per heavy atom. The molecule has 0 radical (unpaired) electrons. The monoisotopic (exact) mass is 975 g/mol. The second-order valence-corrected chi connectivity index (χ2v) is 24.4. The molecule has 0 unspecified atom stereocenters. The Morgan fingerprint density at radius 2 is 1.04 bits per heavy atom. The summed E-state index contributed by atoms with van der Waals surface area (Å²) in [5.41, 5.74) is 13.4. The number of para-hydroxylation sites is 2. The zero-order chi connectivity index (χ0) is 58.3. The molecule has 3 heteroatoms. The number of thiophene rings is 1. The molecule has 0 spiro atoms. The van der Waals surface area contributed by atoms with Crippen molar-refractivity contribution in [2.45, 2.75) is 138 Å². The summed E-state index contributed by atoms with van der Waals surface area (Å²) < 4.78 is 78.5. The van der Waals surface area contributed by atoms with Gasteiger partial charge in [-0.05, 0) is 140 Å². The van der Waals surface area contributed by atoms with Crippen molar-refractivity contribution in [3.05, 3.63) is 202 Å². The lowest BCUT2D eigenvalue weighted by Crippen LogP contribution is -2.14. The molecule has 368 valence electrons. The molecule has 1 aliphatic rings. The van der Waals surface area contributed by atoms with Gasteiger partial charge in [-0.1, -0.05) is 211 Å². The summed E-state index contributed by atoms with van der Waals surface area (Å²) in [5.74, 6) is 0. The first kappa shape index (κ1) is 41.1. The first-order chi connectivity index (χ1) is 37.1. The molecular formula is C69H74O2S. The molecule has 8 aromatic carbocycles. The van der Waals surface area contributed by atoms with Crippen molar-refractivity contribution in [1.82, 2.24) is 0 Å². The van der Waals surface area contributed by atoms with Crippen LogP contribution in [0.25, 0.3) is 75.2 Å². The first-order valence-electron chi connectivity index (χ1n) is 29.2. The van der Waals surface area contributed by atoms with Gasteiger partial charge in [-0.3, -0.25) is 0 Å². The molecule has 0 fully saturated rings. The van der Waals surface area contributed by atoms with Crippen LogP contribution in [0.4, 0.5) is 0 Å². The van der Waals surface area contributed by atoms with Gasteiger partial charge in [0, 0.05) is 52.7 Å². The van der Waals surface area contributed by atoms with Gasteiger partial charge in [0.05, 0.1) is 0 Å². The van der Waals surface area contributed by atoms with Gasteiger partial charge in [0.2, 0.25) is 0 Å². The highest BCUT2D eigenvalue weighted by atomic mass is 32.1. The third-order valence-electron chi connectivity index (χ3n) is 13.9. The third-order valence-corrected chi connectivity index (χ3v) is 15.1. The molecule has 0 amide bonds. The fraction of sp³-hybridized carbons (Fsp3) is 0.304. The molecule has 1 aliphatic carbocycles. The summed E-state index contributed by atoms with van der Waals surface area (Å²) in [6.07, 6.45) is -0.481. The molecule has 0 atom stereocenters. The van der Waals surface area contributed by atoms with E-state index in [1.165, 1.54) is 42.4 Å². The van der Waals surface area contributed by atoms with E-state index in [0.29, 0.717) is 16.7 Å². The van der Waals surface area contributed by atoms with Gasteiger partial charge in [0.15, 0.2) is 0 Å². The first-order valence-corrected chi connectivity index (χ1v) is 26.0. The van der Waals surface area contributed by atoms with E-state index in [-0.39, 0.29) is 21.7 Å². The SMILES string of the molecule is CC(C)(C)c1cccc2c1sc1ccccc12.[2H]C([2H])(C)c1ccc2oc3ccccc3c2c1C(C)(C)C.[2H]C([2H])([2H])c1c(C(C)(C)C)ccc2oc3ccccc3c12.[2H]C([2H])([2H])c1cc2c(cc1C(C)(C)C)Cc1ccccc1-2. The summed E-state index contributed by atoms with van der Waals surface area (Å²) >= 11 is 1.92. The second kappa shape index (κ2) is 19.2. The summed E-state index contributed by atoms with van der Waals surface area (Å²) in [4.78, 5) is 0. The minimum atomic E-state index is -2.17. The van der Waals surface area contributed by atoms with Crippen LogP contribution in [-0.2, 0) is 34.5 Å². The van der Waals surface area contributed by atoms with E-state index < -0.39 is 20.1 Å². The Bertz CT molecular complexity index is 3950. The van der Waals surface area contributed by atoms with Crippen molar-refractivity contribution >= 4 is 75.4 Å². The third kappa shape index (κ3) is 9.78. The van der Waals surface area contributed by atoms with Crippen LogP contribution in [0.2, 0.25) is 0 Å². The fourth-order valence-electron chi connectivity index (χ4n) is 10.4. The number of fused-ring (bicyclic) bond motifs is 12. The van der Waals surface area contributed by atoms with Crippen molar-refractivity contribution in [3.8, 4) is 11.1 Å². The van der Waals surface area contributed by atoms with Crippen LogP contribution in [0.15, 0.2) is 160 Å². The normalized spacial score (nSPS) is 14.8. The van der Waals surface area contributed by atoms with Crippen LogP contribution in [-0.4, -0.2) is 0 Å². The Labute approximate surface area is 444 Å². The number of hydrogen-bond acceptors (Lipinski definition) is 3. The lowest BCUT2D eigenvalue weighted by Gasteiger charge is -2.23. The van der Waals surface area contributed by atoms with E-state index in [9.17, 15) is 0 Å². The highest BCUT2D eigenvalue weighted by Crippen LogP contribution is 2.43. The number of rotatable bonds is 1. The molecule has 0 saturated heterocycles. The van der Waals surface area contributed by atoms with Crippen LogP contribution in [0.1, 0.15) is 151 Å². The van der Waals surface area contributed by atoms with Gasteiger partial charge in [-0.25, -0.2) is 0 Å². The summed E-state index contributed by atoms with van der Waals surface area (Å²) in [5, 5.41) is 6.48. The molecule has 72 heavy (non-hydrogen) atoms. The van der Waals surface area contributed by atoms with Gasteiger partial charge in [-0.2, -0.15) is 0 Å². The lowest BCUT2D eigenvalue weighted by atomic mass is 9.80. The molecule has 0 N–H and O–H groups in total. The highest BCUT2D eigenvalue weighted by Gasteiger charge is 2.26. The summed E-state index contributed by atoms with van der Waals surface area (Å²) in [6.45, 7) is 22.9. The van der Waals surface area contributed by atoms with Crippen LogP contribution >= 0.6 is 11.3 Å². The largest absolute Gasteiger partial charge is 0.456 e. The van der Waals surface area contributed by atoms with Gasteiger partial charge in [-0.15, -0.1) is 11.3 Å². The van der Waals surface area contributed by atoms with Crippen LogP contribution in [0.5, 0.6) is 0 Å². The minimum Gasteiger partial charge on any atom is -0.456 e. The highest BCUT2D eigenvalue weighted by molar-refractivity contribution is 7.26. The van der Waals surface area contributed by atoms with Gasteiger partial charge >= 0.3 is 0 Å². The summed E-state index contributed by atoms with van der Waals surface area (Å²) in [7, 11) is 0. The number of furan rings is 2. The van der Waals surface area contributed by atoms with Crippen LogP contribution in [0, 0.1) is 13.7 Å². The van der Waals surface area contributed by atoms with E-state index in [0.717, 1.165) is 72.5 Å². The Kier molecular flexibility index (Phi) is 11.0. The maximum Gasteiger partial charge on any atom is 0.135 e. The zero-order valence-electron chi connectivity index (χ0n) is 52.4. The molecule has 3 heterocycles. The average molecular weight is 975 g/mol. The predicted molar refractivity (Wildman–Crippen MR) is 315 cm³/mol. The van der Waals surface area contributed by atoms with Gasteiger partial charge in [0.25, 0.3) is 0 Å². The molecule has 0 aliphatic heterocycles. The fourth-order valence-corrected chi connectivity index (χ4v) is 11.8. The van der Waals surface area contributed by atoms with Crippen LogP contribution < -0.4 is 0 Å². The van der Waals surface area contributed by atoms with Crippen molar-refractivity contribution in [2.24, 2.45) is 0 Å². The van der Waals surface area contributed by atoms with Crippen molar-refractivity contribution < 1.29 is 19.8 Å². The van der Waals surface area contributed by atoms with E-state index in [4.69, 9.17) is 19.8 Å². The van der Waals surface area contributed by atoms with E-state index in [2.05, 4.69) is 123 Å². The number of aryl methyl sites for hydroxylation is 3. The number of benzene rings is 8. The van der Waals surface area contributed by atoms with Crippen molar-refractivity contribution in [2.75, 3.05) is 0 Å². The van der Waals surface area contributed by atoms with Crippen molar-refractivity contribution in [3.63, 3.8) is 0 Å². The topological polar surface area (TPSA) is 26.3 Å². The lowest BCUT2D eigenvalue weighted by molar-refractivity contribution is 0.585. The molecule has 2 nitrogen and oxygen atoms in total. The molecule has 0 saturated carbocycles. The number of hydrogen-bond donors (Lipinski definition) is 0. The molecule has 12 rings (SSSR count). The average Bonchev–Trinajstić information content (AvgIpc) is 4.21. The molecular weight excluding hydrogens is 893 g/mol. The predicted octanol–water partition coefficient (Wildman–Crippen LogP) is 20.9. The van der Waals surface area contributed by atoms with Crippen molar-refractivity contribution in [1.29, 1.82) is 0 Å². The van der Waals surface area contributed by atoms with E-state index in [1.807, 2.05) is 123 Å². The molecule has 3 aromatic heterocycles. The zero-order valence-corrected chi connectivity index (χ0v) is 45.2. The Balaban J connectivity index is 0.000000129. The Hall–Kier alpha value is -6.42. The molecule has 0 bridgehead atoms. The quantitative estimate of drug-likeness (QED) is 0.164. The van der Waals surface area contributed by atoms with E-state index in [1.54, 1.807) is 6.92 Å². The smallest absolute Gasteiger partial charge is 0.135 e. The standard InChI is InChI=1S/C18H20O.C18H20.C17H18O.C16H16S/c1-5-12-10-11-15-16(17(12)18(2,3)4)13-8-6-7-9-14(13)19-15;1-12-9-16-14(11-17(12)18(2,3)4)10-13-7-5-6-8-15(13)16;1-11-13(17(2,3)4)9-10-15-16(11)12-7-5-6-8-14(12)18-15;1-16(2,3)13-9-6-8-12-11-7-4-5-10-14(11)17-15(12)13/h6-11H,5H2,1-4H3;5-9,11H,10H2,1-4H3;5-10H,1-4H3;4-10H,1-3H3/i5D2;2*1D3;. The van der Waals surface area contributed by atoms with Gasteiger partial charge in [0.1, 0.15) is 22.3 Å². The summed E-state index contributed by atoms with van der Waals surface area (Å²) in [6, 6.07) is 50.7. The Morgan fingerprint density at radius 1 is 0.472 bits per heavy atom. The second-order valence-electron chi connectivity index (χ2n) is 23.3. The maximum absolute atomic E-state index is 8.17. The van der Waals surface area contributed by atoms with Crippen LogP contribution in [0.3, 0.4) is 0 Å². The maximum atomic E-state index is 8.17. The van der Waals surface area contributed by atoms with E-state index >= 15 is 0 Å². The van der Waals surface area contributed by atoms with Gasteiger partial charge < -0.3 is 8.83 Å².